The molecule has 0 saturated carbocycles. The van der Waals surface area contributed by atoms with E-state index in [1.807, 2.05) is 0 Å². The zero-order valence-electron chi connectivity index (χ0n) is 10.3. The number of rotatable bonds is 2. The van der Waals surface area contributed by atoms with Crippen LogP contribution in [0.2, 0.25) is 0 Å². The molecule has 6 nitrogen and oxygen atoms in total. The normalized spacial score (nSPS) is 27.3. The Hall–Kier alpha value is -2.76. The highest BCUT2D eigenvalue weighted by atomic mass is 16.6. The lowest BCUT2D eigenvalue weighted by molar-refractivity contribution is -0.384. The number of nitrogens with one attached hydrogen (secondary N) is 1. The summed E-state index contributed by atoms with van der Waals surface area (Å²) < 4.78 is 0. The smallest absolute Gasteiger partial charge is 0.269 e. The van der Waals surface area contributed by atoms with Crippen molar-refractivity contribution in [3.05, 3.63) is 64.2 Å². The Morgan fingerprint density at radius 3 is 2.80 bits per heavy atom. The van der Waals surface area contributed by atoms with Crippen LogP contribution in [-0.4, -0.2) is 16.7 Å². The number of imide groups is 1. The van der Waals surface area contributed by atoms with E-state index in [-0.39, 0.29) is 11.6 Å². The molecule has 6 heteroatoms. The van der Waals surface area contributed by atoms with Crippen LogP contribution in [0.15, 0.2) is 48.6 Å². The lowest BCUT2D eigenvalue weighted by Crippen LogP contribution is -2.38. The van der Waals surface area contributed by atoms with Crippen LogP contribution in [0.3, 0.4) is 0 Å². The highest BCUT2D eigenvalue weighted by Crippen LogP contribution is 2.42. The molecule has 0 radical (unpaired) electrons. The van der Waals surface area contributed by atoms with Crippen LogP contribution >= 0.6 is 0 Å². The molecule has 3 rings (SSSR count). The van der Waals surface area contributed by atoms with E-state index >= 15 is 0 Å². The first-order chi connectivity index (χ1) is 9.55. The van der Waals surface area contributed by atoms with E-state index in [2.05, 4.69) is 5.32 Å². The number of hydrogen-bond acceptors (Lipinski definition) is 4. The molecule has 0 spiro atoms. The molecule has 1 aliphatic heterocycles. The molecule has 1 N–H and O–H groups in total. The molecular formula is C14H10N2O4. The summed E-state index contributed by atoms with van der Waals surface area (Å²) in [4.78, 5) is 34.5. The molecule has 100 valence electrons. The van der Waals surface area contributed by atoms with Gasteiger partial charge in [-0.3, -0.25) is 25.0 Å². The lowest BCUT2D eigenvalue weighted by Gasteiger charge is -2.28. The van der Waals surface area contributed by atoms with Gasteiger partial charge in [0.1, 0.15) is 5.41 Å². The van der Waals surface area contributed by atoms with Crippen molar-refractivity contribution in [2.24, 2.45) is 5.92 Å². The largest absolute Gasteiger partial charge is 0.295 e. The third-order valence-corrected chi connectivity index (χ3v) is 3.69. The number of allylic oxidation sites excluding steroid dienone is 2. The fourth-order valence-electron chi connectivity index (χ4n) is 2.73. The fourth-order valence-corrected chi connectivity index (χ4v) is 2.73. The molecule has 1 heterocycles. The first-order valence-corrected chi connectivity index (χ1v) is 6.02. The second-order valence-electron chi connectivity index (χ2n) is 4.72. The molecular weight excluding hydrogens is 260 g/mol. The topological polar surface area (TPSA) is 89.3 Å². The highest BCUT2D eigenvalue weighted by molar-refractivity contribution is 6.13. The number of hydrogen-bond donors (Lipinski definition) is 1. The average molecular weight is 270 g/mol. The molecule has 1 aromatic rings. The summed E-state index contributed by atoms with van der Waals surface area (Å²) in [6.07, 6.45) is 6.63. The Morgan fingerprint density at radius 2 is 2.05 bits per heavy atom. The number of fused-ring (bicyclic) bond motifs is 1. The van der Waals surface area contributed by atoms with E-state index in [4.69, 9.17) is 0 Å². The predicted octanol–water partition coefficient (Wildman–Crippen LogP) is 1.23. The van der Waals surface area contributed by atoms with Gasteiger partial charge in [0.15, 0.2) is 0 Å². The molecule has 1 fully saturated rings. The summed E-state index contributed by atoms with van der Waals surface area (Å²) in [6, 6.07) is 5.84. The summed E-state index contributed by atoms with van der Waals surface area (Å²) in [7, 11) is 0. The molecule has 1 aromatic carbocycles. The predicted molar refractivity (Wildman–Crippen MR) is 69.7 cm³/mol. The number of nitrogens with zero attached hydrogens (tertiary/aromatic N) is 1. The van der Waals surface area contributed by atoms with E-state index in [0.29, 0.717) is 5.56 Å². The Morgan fingerprint density at radius 1 is 1.25 bits per heavy atom. The lowest BCUT2D eigenvalue weighted by atomic mass is 9.69. The highest BCUT2D eigenvalue weighted by Gasteiger charge is 2.54. The molecule has 2 unspecified atom stereocenters. The Bertz CT molecular complexity index is 692. The van der Waals surface area contributed by atoms with Crippen molar-refractivity contribution in [2.45, 2.75) is 5.41 Å². The van der Waals surface area contributed by atoms with Gasteiger partial charge in [-0.2, -0.15) is 0 Å². The van der Waals surface area contributed by atoms with E-state index in [1.165, 1.54) is 18.2 Å². The maximum atomic E-state index is 12.2. The minimum Gasteiger partial charge on any atom is -0.295 e. The van der Waals surface area contributed by atoms with Gasteiger partial charge in [0.2, 0.25) is 11.8 Å². The SMILES string of the molecule is O=C1NC(=O)C2(c3cccc([N+](=O)[O-])c3)C=CC=CC12. The van der Waals surface area contributed by atoms with Gasteiger partial charge in [-0.1, -0.05) is 36.4 Å². The van der Waals surface area contributed by atoms with E-state index < -0.39 is 22.2 Å². The molecule has 1 aliphatic carbocycles. The van der Waals surface area contributed by atoms with Crippen LogP contribution in [0.5, 0.6) is 0 Å². The summed E-state index contributed by atoms with van der Waals surface area (Å²) in [6.45, 7) is 0. The van der Waals surface area contributed by atoms with E-state index in [1.54, 1.807) is 30.4 Å². The van der Waals surface area contributed by atoms with Crippen LogP contribution in [-0.2, 0) is 15.0 Å². The number of carbonyl (C=O) groups is 2. The van der Waals surface area contributed by atoms with Crippen molar-refractivity contribution in [1.29, 1.82) is 0 Å². The van der Waals surface area contributed by atoms with Gasteiger partial charge in [0.25, 0.3) is 5.69 Å². The monoisotopic (exact) mass is 270 g/mol. The molecule has 20 heavy (non-hydrogen) atoms. The van der Waals surface area contributed by atoms with Crippen LogP contribution in [0, 0.1) is 16.0 Å². The van der Waals surface area contributed by atoms with Crippen molar-refractivity contribution in [3.8, 4) is 0 Å². The number of nitro groups is 1. The number of amides is 2. The second-order valence-corrected chi connectivity index (χ2v) is 4.72. The van der Waals surface area contributed by atoms with Gasteiger partial charge >= 0.3 is 0 Å². The summed E-state index contributed by atoms with van der Waals surface area (Å²) in [5.74, 6) is -1.50. The van der Waals surface area contributed by atoms with E-state index in [9.17, 15) is 19.7 Å². The number of non-ortho nitro benzene ring substituents is 1. The molecule has 0 bridgehead atoms. The maximum absolute atomic E-state index is 12.2. The zero-order chi connectivity index (χ0) is 14.3. The quantitative estimate of drug-likeness (QED) is 0.497. The zero-order valence-corrected chi connectivity index (χ0v) is 10.3. The standard InChI is InChI=1S/C14H10N2O4/c17-12-11-6-1-2-7-14(11,13(18)15-12)9-4-3-5-10(8-9)16(19)20/h1-8,11H,(H,15,17,18). The summed E-state index contributed by atoms with van der Waals surface area (Å²) in [5, 5.41) is 13.2. The minimum atomic E-state index is -1.18. The van der Waals surface area contributed by atoms with Crippen molar-refractivity contribution < 1.29 is 14.5 Å². The third-order valence-electron chi connectivity index (χ3n) is 3.69. The van der Waals surface area contributed by atoms with Crippen LogP contribution in [0.4, 0.5) is 5.69 Å². The van der Waals surface area contributed by atoms with Crippen molar-refractivity contribution in [2.75, 3.05) is 0 Å². The first-order valence-electron chi connectivity index (χ1n) is 6.02. The summed E-state index contributed by atoms with van der Waals surface area (Å²) >= 11 is 0. The minimum absolute atomic E-state index is 0.106. The average Bonchev–Trinajstić information content (AvgIpc) is 2.72. The molecule has 2 aliphatic rings. The molecule has 0 aromatic heterocycles. The molecule has 2 atom stereocenters. The van der Waals surface area contributed by atoms with Gasteiger partial charge in [0, 0.05) is 12.1 Å². The molecule has 1 saturated heterocycles. The number of benzene rings is 1. The Balaban J connectivity index is 2.20. The van der Waals surface area contributed by atoms with Crippen LogP contribution in [0.1, 0.15) is 5.56 Å². The van der Waals surface area contributed by atoms with Gasteiger partial charge < -0.3 is 0 Å². The van der Waals surface area contributed by atoms with Crippen molar-refractivity contribution in [3.63, 3.8) is 0 Å². The number of nitro benzene ring substituents is 1. The second kappa shape index (κ2) is 4.12. The van der Waals surface area contributed by atoms with Gasteiger partial charge in [0.05, 0.1) is 10.8 Å². The van der Waals surface area contributed by atoms with Crippen LogP contribution in [0.25, 0.3) is 0 Å². The van der Waals surface area contributed by atoms with Crippen molar-refractivity contribution >= 4 is 17.5 Å². The Kier molecular flexibility index (Phi) is 2.53. The number of carbonyl (C=O) groups excluding carboxylic acids is 2. The van der Waals surface area contributed by atoms with Crippen LogP contribution < -0.4 is 5.32 Å². The first kappa shape index (κ1) is 12.3. The maximum Gasteiger partial charge on any atom is 0.269 e. The van der Waals surface area contributed by atoms with Gasteiger partial charge in [-0.25, -0.2) is 0 Å². The van der Waals surface area contributed by atoms with Gasteiger partial charge in [-0.05, 0) is 5.56 Å². The summed E-state index contributed by atoms with van der Waals surface area (Å²) in [5.41, 5.74) is -0.843. The van der Waals surface area contributed by atoms with Crippen molar-refractivity contribution in [1.82, 2.24) is 5.32 Å². The van der Waals surface area contributed by atoms with Gasteiger partial charge in [-0.15, -0.1) is 0 Å². The fraction of sp³-hybridized carbons (Fsp3) is 0.143. The third kappa shape index (κ3) is 1.51. The Labute approximate surface area is 113 Å². The molecule has 2 amide bonds. The van der Waals surface area contributed by atoms with E-state index in [0.717, 1.165) is 0 Å².